The summed E-state index contributed by atoms with van der Waals surface area (Å²) in [5, 5.41) is 11.0. The van der Waals surface area contributed by atoms with Crippen LogP contribution < -0.4 is 4.74 Å². The van der Waals surface area contributed by atoms with Crippen LogP contribution in [0, 0.1) is 11.8 Å². The van der Waals surface area contributed by atoms with Crippen molar-refractivity contribution in [2.24, 2.45) is 11.8 Å². The highest BCUT2D eigenvalue weighted by Crippen LogP contribution is 2.47. The van der Waals surface area contributed by atoms with Crippen molar-refractivity contribution in [2.75, 3.05) is 7.11 Å². The molecular weight excluding hydrogens is 376 g/mol. The Hall–Kier alpha value is -2.41. The molecule has 2 rings (SSSR count). The van der Waals surface area contributed by atoms with Crippen molar-refractivity contribution in [2.45, 2.75) is 64.8 Å². The second-order valence-electron chi connectivity index (χ2n) is 8.23. The molecule has 0 spiro atoms. The number of hydrogen-bond acceptors (Lipinski definition) is 7. The molecule has 4 unspecified atom stereocenters. The van der Waals surface area contributed by atoms with Crippen molar-refractivity contribution in [1.29, 1.82) is 0 Å². The van der Waals surface area contributed by atoms with E-state index in [1.165, 1.54) is 14.0 Å². The summed E-state index contributed by atoms with van der Waals surface area (Å²) in [7, 11) is 1.52. The molecule has 1 aromatic rings. The number of ketones is 1. The van der Waals surface area contributed by atoms with Crippen molar-refractivity contribution in [3.63, 3.8) is 0 Å². The van der Waals surface area contributed by atoms with Gasteiger partial charge in [-0.3, -0.25) is 14.4 Å². The minimum Gasteiger partial charge on any atom is -0.497 e. The topological polar surface area (TPSA) is 99.1 Å². The average molecular weight is 406 g/mol. The average Bonchev–Trinajstić information content (AvgIpc) is 2.58. The second-order valence-corrected chi connectivity index (χ2v) is 8.23. The summed E-state index contributed by atoms with van der Waals surface area (Å²) in [6.07, 6.45) is -1.17. The molecule has 7 heteroatoms. The molecule has 0 bridgehead atoms. The van der Waals surface area contributed by atoms with Gasteiger partial charge in [0.15, 0.2) is 5.78 Å². The Kier molecular flexibility index (Phi) is 7.06. The van der Waals surface area contributed by atoms with Gasteiger partial charge < -0.3 is 19.3 Å². The molecule has 1 saturated carbocycles. The van der Waals surface area contributed by atoms with Crippen molar-refractivity contribution in [1.82, 2.24) is 0 Å². The molecule has 0 radical (unpaired) electrons. The normalized spacial score (nSPS) is 27.1. The first-order chi connectivity index (χ1) is 13.5. The predicted molar refractivity (Wildman–Crippen MR) is 105 cm³/mol. The molecule has 1 fully saturated rings. The number of ether oxygens (including phenoxy) is 3. The Bertz CT molecular complexity index is 741. The number of Topliss-reactive ketones (excluding diaryl/α,β-unsaturated/α-hetero) is 1. The molecule has 0 aromatic heterocycles. The van der Waals surface area contributed by atoms with Crippen LogP contribution in [0.5, 0.6) is 5.75 Å². The predicted octanol–water partition coefficient (Wildman–Crippen LogP) is 2.64. The number of hydrogen-bond donors (Lipinski definition) is 1. The molecule has 0 heterocycles. The van der Waals surface area contributed by atoms with Crippen molar-refractivity contribution < 1.29 is 33.7 Å². The van der Waals surface area contributed by atoms with Crippen LogP contribution >= 0.6 is 0 Å². The van der Waals surface area contributed by atoms with Crippen molar-refractivity contribution in [3.05, 3.63) is 29.8 Å². The second kappa shape index (κ2) is 8.95. The fourth-order valence-electron chi connectivity index (χ4n) is 3.85. The Morgan fingerprint density at radius 1 is 1.03 bits per heavy atom. The zero-order chi connectivity index (χ0) is 21.9. The van der Waals surface area contributed by atoms with Gasteiger partial charge in [-0.1, -0.05) is 12.1 Å². The van der Waals surface area contributed by atoms with Gasteiger partial charge in [-0.05, 0) is 52.3 Å². The quantitative estimate of drug-likeness (QED) is 0.573. The molecule has 1 aliphatic carbocycles. The summed E-state index contributed by atoms with van der Waals surface area (Å²) >= 11 is 0. The third-order valence-electron chi connectivity index (χ3n) is 4.98. The first-order valence-corrected chi connectivity index (χ1v) is 9.78. The highest BCUT2D eigenvalue weighted by Gasteiger charge is 2.57. The molecule has 0 amide bonds. The number of benzene rings is 1. The van der Waals surface area contributed by atoms with E-state index in [1.54, 1.807) is 52.0 Å². The van der Waals surface area contributed by atoms with Crippen LogP contribution in [-0.2, 0) is 23.9 Å². The van der Waals surface area contributed by atoms with Gasteiger partial charge in [0, 0.05) is 12.3 Å². The SMILES string of the molecule is COc1ccc(C2C(C(=O)OC(C)C)C(=O)CC(C)(O)C2C(=O)OC(C)C)cc1. The maximum absolute atomic E-state index is 13.0. The fourth-order valence-corrected chi connectivity index (χ4v) is 3.85. The number of methoxy groups -OCH3 is 1. The summed E-state index contributed by atoms with van der Waals surface area (Å²) in [5.41, 5.74) is -1.11. The van der Waals surface area contributed by atoms with Gasteiger partial charge in [-0.2, -0.15) is 0 Å². The van der Waals surface area contributed by atoms with Crippen LogP contribution in [-0.4, -0.2) is 47.7 Å². The number of esters is 2. The number of carbonyl (C=O) groups is 3. The minimum atomic E-state index is -1.66. The molecule has 1 N–H and O–H groups in total. The van der Waals surface area contributed by atoms with Crippen LogP contribution in [0.4, 0.5) is 0 Å². The lowest BCUT2D eigenvalue weighted by atomic mass is 9.61. The Balaban J connectivity index is 2.60. The van der Waals surface area contributed by atoms with Gasteiger partial charge in [-0.15, -0.1) is 0 Å². The zero-order valence-corrected chi connectivity index (χ0v) is 17.8. The highest BCUT2D eigenvalue weighted by molar-refractivity contribution is 6.02. The minimum absolute atomic E-state index is 0.338. The monoisotopic (exact) mass is 406 g/mol. The maximum Gasteiger partial charge on any atom is 0.317 e. The summed E-state index contributed by atoms with van der Waals surface area (Å²) < 4.78 is 15.9. The summed E-state index contributed by atoms with van der Waals surface area (Å²) in [5.74, 6) is -4.48. The fraction of sp³-hybridized carbons (Fsp3) is 0.591. The molecule has 0 aliphatic heterocycles. The van der Waals surface area contributed by atoms with Crippen LogP contribution in [0.1, 0.15) is 52.5 Å². The lowest BCUT2D eigenvalue weighted by Crippen LogP contribution is -2.55. The molecule has 7 nitrogen and oxygen atoms in total. The van der Waals surface area contributed by atoms with Crippen LogP contribution in [0.25, 0.3) is 0 Å². The van der Waals surface area contributed by atoms with Gasteiger partial charge in [0.1, 0.15) is 11.7 Å². The Labute approximate surface area is 171 Å². The van der Waals surface area contributed by atoms with Crippen LogP contribution in [0.15, 0.2) is 24.3 Å². The van der Waals surface area contributed by atoms with E-state index >= 15 is 0 Å². The molecule has 1 aliphatic rings. The largest absolute Gasteiger partial charge is 0.497 e. The standard InChI is InChI=1S/C22H30O7/c1-12(2)28-20(24)18-16(23)11-22(5,26)19(21(25)29-13(3)4)17(18)14-7-9-15(27-6)10-8-14/h7-10,12-13,17-19,26H,11H2,1-6H3. The van der Waals surface area contributed by atoms with E-state index in [9.17, 15) is 19.5 Å². The summed E-state index contributed by atoms with van der Waals surface area (Å²) in [4.78, 5) is 38.7. The lowest BCUT2D eigenvalue weighted by Gasteiger charge is -2.44. The Morgan fingerprint density at radius 3 is 2.03 bits per heavy atom. The number of rotatable bonds is 6. The van der Waals surface area contributed by atoms with Crippen molar-refractivity contribution >= 4 is 17.7 Å². The van der Waals surface area contributed by atoms with E-state index < -0.39 is 53.3 Å². The lowest BCUT2D eigenvalue weighted by molar-refractivity contribution is -0.176. The third-order valence-corrected chi connectivity index (χ3v) is 4.98. The molecule has 29 heavy (non-hydrogen) atoms. The van der Waals surface area contributed by atoms with Gasteiger partial charge in [0.25, 0.3) is 0 Å². The van der Waals surface area contributed by atoms with Gasteiger partial charge in [0.05, 0.1) is 30.8 Å². The molecule has 1 aromatic carbocycles. The van der Waals surface area contributed by atoms with Crippen molar-refractivity contribution in [3.8, 4) is 5.75 Å². The highest BCUT2D eigenvalue weighted by atomic mass is 16.5. The number of carbonyl (C=O) groups excluding carboxylic acids is 3. The van der Waals surface area contributed by atoms with Crippen LogP contribution in [0.3, 0.4) is 0 Å². The Morgan fingerprint density at radius 2 is 1.55 bits per heavy atom. The summed E-state index contributed by atoms with van der Waals surface area (Å²) in [6, 6.07) is 6.73. The first-order valence-electron chi connectivity index (χ1n) is 9.78. The van der Waals surface area contributed by atoms with Gasteiger partial charge in [-0.25, -0.2) is 0 Å². The zero-order valence-electron chi connectivity index (χ0n) is 17.8. The molecular formula is C22H30O7. The molecule has 160 valence electrons. The third kappa shape index (κ3) is 5.15. The maximum atomic E-state index is 13.0. The van der Waals surface area contributed by atoms with Gasteiger partial charge >= 0.3 is 11.9 Å². The van der Waals surface area contributed by atoms with E-state index in [1.807, 2.05) is 0 Å². The van der Waals surface area contributed by atoms with E-state index in [0.29, 0.717) is 11.3 Å². The van der Waals surface area contributed by atoms with Crippen LogP contribution in [0.2, 0.25) is 0 Å². The number of aliphatic hydroxyl groups is 1. The smallest absolute Gasteiger partial charge is 0.317 e. The van der Waals surface area contributed by atoms with E-state index in [-0.39, 0.29) is 6.42 Å². The molecule has 0 saturated heterocycles. The molecule has 4 atom stereocenters. The van der Waals surface area contributed by atoms with E-state index in [4.69, 9.17) is 14.2 Å². The van der Waals surface area contributed by atoms with Gasteiger partial charge in [0.2, 0.25) is 0 Å². The first kappa shape index (κ1) is 22.9. The van der Waals surface area contributed by atoms with E-state index in [0.717, 1.165) is 0 Å². The van der Waals surface area contributed by atoms with E-state index in [2.05, 4.69) is 0 Å². The summed E-state index contributed by atoms with van der Waals surface area (Å²) in [6.45, 7) is 8.21.